The summed E-state index contributed by atoms with van der Waals surface area (Å²) in [5, 5.41) is 2.80. The molecule has 0 saturated heterocycles. The van der Waals surface area contributed by atoms with Crippen LogP contribution in [0.5, 0.6) is 23.0 Å². The molecule has 1 aliphatic heterocycles. The molecule has 0 radical (unpaired) electrons. The molecule has 1 aliphatic rings. The number of hydrogen-bond donors (Lipinski definition) is 3. The topological polar surface area (TPSA) is 137 Å². The Morgan fingerprint density at radius 2 is 1.02 bits per heavy atom. The minimum atomic E-state index is -0.513. The molecular weight excluding hydrogens is 532 g/mol. The number of amides is 3. The van der Waals surface area contributed by atoms with Gasteiger partial charge in [-0.25, -0.2) is 4.90 Å². The summed E-state index contributed by atoms with van der Waals surface area (Å²) in [4.78, 5) is 40.4. The lowest BCUT2D eigenvalue weighted by molar-refractivity contribution is 0.0925. The molecule has 0 atom stereocenters. The van der Waals surface area contributed by atoms with Crippen molar-refractivity contribution in [3.8, 4) is 23.0 Å². The Morgan fingerprint density at radius 1 is 0.571 bits per heavy atom. The molecule has 3 amide bonds. The molecule has 5 aromatic carbocycles. The van der Waals surface area contributed by atoms with Crippen molar-refractivity contribution in [1.82, 2.24) is 0 Å². The van der Waals surface area contributed by atoms with Crippen LogP contribution in [0.15, 0.2) is 115 Å². The molecule has 0 bridgehead atoms. The van der Waals surface area contributed by atoms with Crippen LogP contribution in [0.3, 0.4) is 0 Å². The van der Waals surface area contributed by atoms with E-state index in [1.54, 1.807) is 97.1 Å². The first-order valence-electron chi connectivity index (χ1n) is 13.0. The van der Waals surface area contributed by atoms with Crippen LogP contribution in [0.25, 0.3) is 0 Å². The van der Waals surface area contributed by atoms with Crippen LogP contribution in [0.1, 0.15) is 31.1 Å². The summed E-state index contributed by atoms with van der Waals surface area (Å²) in [5.74, 6) is 0.953. The summed E-state index contributed by atoms with van der Waals surface area (Å²) in [7, 11) is 0. The maximum Gasteiger partial charge on any atom is 0.266 e. The van der Waals surface area contributed by atoms with Gasteiger partial charge in [0.25, 0.3) is 17.7 Å². The van der Waals surface area contributed by atoms with Crippen molar-refractivity contribution in [3.05, 3.63) is 132 Å². The zero-order valence-corrected chi connectivity index (χ0v) is 22.1. The number of carbonyl (C=O) groups is 3. The third-order valence-corrected chi connectivity index (χ3v) is 6.59. The molecule has 0 spiro atoms. The second-order valence-electron chi connectivity index (χ2n) is 9.52. The van der Waals surface area contributed by atoms with Gasteiger partial charge in [0.1, 0.15) is 23.0 Å². The van der Waals surface area contributed by atoms with Crippen molar-refractivity contribution >= 4 is 40.5 Å². The fraction of sp³-hybridized carbons (Fsp3) is 0. The number of nitrogens with one attached hydrogen (secondary N) is 1. The fourth-order valence-corrected chi connectivity index (χ4v) is 4.43. The van der Waals surface area contributed by atoms with Gasteiger partial charge in [-0.2, -0.15) is 0 Å². The maximum absolute atomic E-state index is 13.3. The first-order chi connectivity index (χ1) is 20.3. The predicted molar refractivity (Wildman–Crippen MR) is 160 cm³/mol. The smallest absolute Gasteiger partial charge is 0.266 e. The van der Waals surface area contributed by atoms with Crippen molar-refractivity contribution in [2.24, 2.45) is 0 Å². The lowest BCUT2D eigenvalue weighted by Crippen LogP contribution is -2.29. The molecule has 0 fully saturated rings. The highest BCUT2D eigenvalue weighted by atomic mass is 16.5. The summed E-state index contributed by atoms with van der Waals surface area (Å²) >= 11 is 0. The van der Waals surface area contributed by atoms with Gasteiger partial charge in [-0.1, -0.05) is 0 Å². The summed E-state index contributed by atoms with van der Waals surface area (Å²) in [6.07, 6.45) is 0. The molecular formula is C33H24N4O5. The van der Waals surface area contributed by atoms with Crippen molar-refractivity contribution < 1.29 is 23.9 Å². The van der Waals surface area contributed by atoms with E-state index in [0.717, 1.165) is 4.90 Å². The number of carbonyl (C=O) groups excluding carboxylic acids is 3. The average Bonchev–Trinajstić information content (AvgIpc) is 3.25. The van der Waals surface area contributed by atoms with E-state index in [1.807, 2.05) is 0 Å². The van der Waals surface area contributed by atoms with E-state index in [9.17, 15) is 14.4 Å². The Bertz CT molecular complexity index is 1800. The second kappa shape index (κ2) is 10.8. The van der Waals surface area contributed by atoms with Crippen LogP contribution in [0.4, 0.5) is 22.7 Å². The minimum Gasteiger partial charge on any atom is -0.457 e. The minimum absolute atomic E-state index is 0.155. The Kier molecular flexibility index (Phi) is 6.74. The van der Waals surface area contributed by atoms with E-state index in [4.69, 9.17) is 20.9 Å². The van der Waals surface area contributed by atoms with E-state index >= 15 is 0 Å². The monoisotopic (exact) mass is 556 g/mol. The van der Waals surface area contributed by atoms with Gasteiger partial charge in [-0.15, -0.1) is 0 Å². The van der Waals surface area contributed by atoms with Gasteiger partial charge in [-0.3, -0.25) is 14.4 Å². The number of ether oxygens (including phenoxy) is 2. The number of hydrogen-bond acceptors (Lipinski definition) is 7. The molecule has 9 nitrogen and oxygen atoms in total. The molecule has 206 valence electrons. The van der Waals surface area contributed by atoms with E-state index in [0.29, 0.717) is 45.7 Å². The fourth-order valence-electron chi connectivity index (χ4n) is 4.43. The van der Waals surface area contributed by atoms with E-state index < -0.39 is 17.7 Å². The average molecular weight is 557 g/mol. The van der Waals surface area contributed by atoms with E-state index in [1.165, 1.54) is 18.2 Å². The van der Waals surface area contributed by atoms with E-state index in [-0.39, 0.29) is 16.7 Å². The summed E-state index contributed by atoms with van der Waals surface area (Å²) in [6.45, 7) is 0. The maximum atomic E-state index is 13.3. The molecule has 9 heteroatoms. The van der Waals surface area contributed by atoms with Gasteiger partial charge in [0.2, 0.25) is 0 Å². The molecule has 6 rings (SSSR count). The van der Waals surface area contributed by atoms with E-state index in [2.05, 4.69) is 5.32 Å². The molecule has 0 aromatic heterocycles. The number of nitrogens with two attached hydrogens (primary N) is 2. The molecule has 0 aliphatic carbocycles. The van der Waals surface area contributed by atoms with Crippen LogP contribution in [-0.4, -0.2) is 17.7 Å². The normalized spacial score (nSPS) is 12.1. The lowest BCUT2D eigenvalue weighted by Gasteiger charge is -2.14. The number of anilines is 4. The zero-order chi connectivity index (χ0) is 29.2. The number of nitrogen functional groups attached to an aromatic ring is 2. The lowest BCUT2D eigenvalue weighted by atomic mass is 10.1. The number of rotatable bonds is 7. The third-order valence-electron chi connectivity index (χ3n) is 6.59. The summed E-state index contributed by atoms with van der Waals surface area (Å²) < 4.78 is 11.6. The highest BCUT2D eigenvalue weighted by Gasteiger charge is 2.37. The quantitative estimate of drug-likeness (QED) is 0.154. The highest BCUT2D eigenvalue weighted by Crippen LogP contribution is 2.32. The summed E-state index contributed by atoms with van der Waals surface area (Å²) in [6, 6.07) is 31.8. The Balaban J connectivity index is 1.13. The Labute approximate surface area is 240 Å². The molecule has 0 unspecified atom stereocenters. The molecule has 5 aromatic rings. The van der Waals surface area contributed by atoms with Gasteiger partial charge in [-0.05, 0) is 115 Å². The highest BCUT2D eigenvalue weighted by molar-refractivity contribution is 6.34. The molecule has 42 heavy (non-hydrogen) atoms. The van der Waals surface area contributed by atoms with Crippen molar-refractivity contribution in [2.75, 3.05) is 21.7 Å². The number of fused-ring (bicyclic) bond motifs is 1. The Hall–Kier alpha value is -6.09. The van der Waals surface area contributed by atoms with Gasteiger partial charge >= 0.3 is 0 Å². The standard InChI is InChI=1S/C33H24N4O5/c34-21-2-10-25(11-3-21)41-27-14-6-23(7-15-27)36-31(38)20-1-18-29-30(19-20)33(40)37(32(29)39)24-8-16-28(17-9-24)42-26-12-4-22(35)5-13-26/h1-19H,34-35H2,(H,36,38). The largest absolute Gasteiger partial charge is 0.457 e. The van der Waals surface area contributed by atoms with Gasteiger partial charge < -0.3 is 26.3 Å². The second-order valence-corrected chi connectivity index (χ2v) is 9.52. The molecule has 1 heterocycles. The van der Waals surface area contributed by atoms with Crippen LogP contribution in [0, 0.1) is 0 Å². The number of imide groups is 1. The van der Waals surface area contributed by atoms with Gasteiger partial charge in [0, 0.05) is 22.6 Å². The van der Waals surface area contributed by atoms with Crippen LogP contribution < -0.4 is 31.2 Å². The predicted octanol–water partition coefficient (Wildman–Crippen LogP) is 6.49. The van der Waals surface area contributed by atoms with Crippen molar-refractivity contribution in [1.29, 1.82) is 0 Å². The first kappa shape index (κ1) is 26.1. The summed E-state index contributed by atoms with van der Waals surface area (Å²) in [5.41, 5.74) is 14.2. The van der Waals surface area contributed by atoms with Crippen LogP contribution in [0.2, 0.25) is 0 Å². The molecule has 0 saturated carbocycles. The Morgan fingerprint density at radius 3 is 1.55 bits per heavy atom. The number of benzene rings is 5. The number of nitrogens with zero attached hydrogens (tertiary/aromatic N) is 1. The van der Waals surface area contributed by atoms with Crippen molar-refractivity contribution in [3.63, 3.8) is 0 Å². The van der Waals surface area contributed by atoms with Crippen molar-refractivity contribution in [2.45, 2.75) is 0 Å². The SMILES string of the molecule is Nc1ccc(Oc2ccc(NC(=O)c3ccc4c(c3)C(=O)N(c3ccc(Oc5ccc(N)cc5)cc3)C4=O)cc2)cc1. The first-order valence-corrected chi connectivity index (χ1v) is 13.0. The molecule has 5 N–H and O–H groups in total. The van der Waals surface area contributed by atoms with Gasteiger partial charge in [0.15, 0.2) is 0 Å². The third kappa shape index (κ3) is 5.34. The zero-order valence-electron chi connectivity index (χ0n) is 22.1. The van der Waals surface area contributed by atoms with Crippen LogP contribution >= 0.6 is 0 Å². The van der Waals surface area contributed by atoms with Crippen LogP contribution in [-0.2, 0) is 0 Å². The van der Waals surface area contributed by atoms with Gasteiger partial charge in [0.05, 0.1) is 16.8 Å².